The predicted octanol–water partition coefficient (Wildman–Crippen LogP) is 2.79. The predicted molar refractivity (Wildman–Crippen MR) is 107 cm³/mol. The van der Waals surface area contributed by atoms with E-state index in [1.165, 1.54) is 29.4 Å². The zero-order chi connectivity index (χ0) is 21.0. The summed E-state index contributed by atoms with van der Waals surface area (Å²) in [6.45, 7) is 2.45. The molecular weight excluding hydrogens is 418 g/mol. The van der Waals surface area contributed by atoms with Crippen LogP contribution < -0.4 is 0 Å². The summed E-state index contributed by atoms with van der Waals surface area (Å²) in [5, 5.41) is 0.00134. The van der Waals surface area contributed by atoms with Crippen LogP contribution in [0.4, 0.5) is 0 Å². The van der Waals surface area contributed by atoms with Crippen LogP contribution in [-0.4, -0.2) is 56.9 Å². The Bertz CT molecular complexity index is 1000. The first-order chi connectivity index (χ1) is 13.8. The first kappa shape index (κ1) is 21.4. The minimum absolute atomic E-state index is 0.00134. The molecule has 0 bridgehead atoms. The van der Waals surface area contributed by atoms with Gasteiger partial charge in [-0.3, -0.25) is 4.79 Å². The van der Waals surface area contributed by atoms with Crippen LogP contribution in [0.3, 0.4) is 0 Å². The van der Waals surface area contributed by atoms with Crippen LogP contribution in [0.15, 0.2) is 53.4 Å². The van der Waals surface area contributed by atoms with E-state index in [0.29, 0.717) is 5.56 Å². The number of esters is 1. The van der Waals surface area contributed by atoms with E-state index in [2.05, 4.69) is 0 Å². The summed E-state index contributed by atoms with van der Waals surface area (Å²) in [4.78, 5) is 24.7. The average Bonchev–Trinajstić information content (AvgIpc) is 2.74. The maximum Gasteiger partial charge on any atom is 0.338 e. The molecule has 1 aliphatic heterocycles. The molecule has 1 aliphatic rings. The van der Waals surface area contributed by atoms with E-state index in [9.17, 15) is 18.0 Å². The molecule has 1 heterocycles. The second kappa shape index (κ2) is 9.04. The molecule has 0 radical (unpaired) electrons. The third kappa shape index (κ3) is 4.84. The van der Waals surface area contributed by atoms with Crippen molar-refractivity contribution in [2.75, 3.05) is 26.3 Å². The molecule has 29 heavy (non-hydrogen) atoms. The maximum absolute atomic E-state index is 12.9. The van der Waals surface area contributed by atoms with Crippen LogP contribution >= 0.6 is 11.6 Å². The van der Waals surface area contributed by atoms with Crippen molar-refractivity contribution in [3.63, 3.8) is 0 Å². The highest BCUT2D eigenvalue weighted by Crippen LogP contribution is 2.27. The van der Waals surface area contributed by atoms with Gasteiger partial charge in [-0.25, -0.2) is 13.2 Å². The Morgan fingerprint density at radius 3 is 2.38 bits per heavy atom. The van der Waals surface area contributed by atoms with Crippen molar-refractivity contribution in [2.24, 2.45) is 0 Å². The molecule has 0 saturated carbocycles. The lowest BCUT2D eigenvalue weighted by molar-refractivity contribution is 0.0318. The van der Waals surface area contributed by atoms with Crippen molar-refractivity contribution < 1.29 is 27.5 Å². The number of carbonyl (C=O) groups excluding carboxylic acids is 2. The Morgan fingerprint density at radius 2 is 1.72 bits per heavy atom. The monoisotopic (exact) mass is 437 g/mol. The molecule has 9 heteroatoms. The molecule has 3 rings (SSSR count). The van der Waals surface area contributed by atoms with Crippen molar-refractivity contribution in [1.29, 1.82) is 0 Å². The van der Waals surface area contributed by atoms with Crippen molar-refractivity contribution in [3.8, 4) is 0 Å². The van der Waals surface area contributed by atoms with Crippen LogP contribution in [0.25, 0.3) is 0 Å². The molecular formula is C20H20ClNO6S. The van der Waals surface area contributed by atoms with Crippen molar-refractivity contribution in [1.82, 2.24) is 4.31 Å². The van der Waals surface area contributed by atoms with Crippen LogP contribution in [-0.2, 0) is 19.5 Å². The number of benzene rings is 2. The molecule has 7 nitrogen and oxygen atoms in total. The first-order valence-corrected chi connectivity index (χ1v) is 10.8. The lowest BCUT2D eigenvalue weighted by atomic mass is 10.1. The Morgan fingerprint density at radius 1 is 1.07 bits per heavy atom. The number of morpholine rings is 1. The van der Waals surface area contributed by atoms with Crippen LogP contribution in [0.1, 0.15) is 27.6 Å². The number of sulfonamides is 1. The third-order valence-corrected chi connectivity index (χ3v) is 6.85. The minimum Gasteiger partial charge on any atom is -0.451 e. The Kier molecular flexibility index (Phi) is 6.69. The molecule has 1 unspecified atom stereocenters. The highest BCUT2D eigenvalue weighted by molar-refractivity contribution is 7.89. The Hall–Kier alpha value is -2.26. The Balaban J connectivity index is 1.80. The van der Waals surface area contributed by atoms with Crippen LogP contribution in [0, 0.1) is 0 Å². The van der Waals surface area contributed by atoms with Gasteiger partial charge in [-0.1, -0.05) is 41.9 Å². The summed E-state index contributed by atoms with van der Waals surface area (Å²) >= 11 is 6.10. The topological polar surface area (TPSA) is 90.0 Å². The molecule has 0 amide bonds. The molecule has 1 atom stereocenters. The summed E-state index contributed by atoms with van der Waals surface area (Å²) in [5.74, 6) is -1.16. The lowest BCUT2D eigenvalue weighted by Gasteiger charge is -2.26. The number of Topliss-reactive ketones (excluding diaryl/α,β-unsaturated/α-hetero) is 1. The number of hydrogen-bond donors (Lipinski definition) is 0. The second-order valence-corrected chi connectivity index (χ2v) is 8.75. The van der Waals surface area contributed by atoms with Gasteiger partial charge in [0.25, 0.3) is 0 Å². The maximum atomic E-state index is 12.9. The summed E-state index contributed by atoms with van der Waals surface area (Å²) in [5.41, 5.74) is 0.411. The summed E-state index contributed by atoms with van der Waals surface area (Å²) < 4.78 is 37.4. The van der Waals surface area contributed by atoms with Gasteiger partial charge in [-0.05, 0) is 25.1 Å². The van der Waals surface area contributed by atoms with Crippen molar-refractivity contribution >= 4 is 33.4 Å². The number of ketones is 1. The van der Waals surface area contributed by atoms with Gasteiger partial charge in [0.2, 0.25) is 15.8 Å². The van der Waals surface area contributed by atoms with E-state index in [0.717, 1.165) is 0 Å². The number of carbonyl (C=O) groups is 2. The fourth-order valence-corrected chi connectivity index (χ4v) is 4.78. The molecule has 1 saturated heterocycles. The summed E-state index contributed by atoms with van der Waals surface area (Å²) in [7, 11) is -3.89. The van der Waals surface area contributed by atoms with Gasteiger partial charge < -0.3 is 9.47 Å². The third-order valence-electron chi connectivity index (χ3n) is 4.47. The van der Waals surface area contributed by atoms with E-state index in [-0.39, 0.29) is 47.6 Å². The number of ether oxygens (including phenoxy) is 2. The fourth-order valence-electron chi connectivity index (χ4n) is 2.87. The minimum atomic E-state index is -3.89. The van der Waals surface area contributed by atoms with E-state index in [1.54, 1.807) is 30.3 Å². The van der Waals surface area contributed by atoms with Crippen molar-refractivity contribution in [2.45, 2.75) is 17.9 Å². The highest BCUT2D eigenvalue weighted by Gasteiger charge is 2.30. The molecule has 0 N–H and O–H groups in total. The van der Waals surface area contributed by atoms with Gasteiger partial charge in [0.15, 0.2) is 6.10 Å². The standard InChI is InChI=1S/C20H20ClNO6S/c1-14(19(23)15-5-3-2-4-6-15)28-20(24)16-7-8-17(21)18(13-16)29(25,26)22-9-11-27-12-10-22/h2-8,13-14H,9-12H2,1H3. The average molecular weight is 438 g/mol. The molecule has 0 aromatic heterocycles. The molecule has 0 aliphatic carbocycles. The fraction of sp³-hybridized carbons (Fsp3) is 0.300. The van der Waals surface area contributed by atoms with Crippen LogP contribution in [0.5, 0.6) is 0 Å². The number of nitrogens with zero attached hydrogens (tertiary/aromatic N) is 1. The normalized spacial score (nSPS) is 16.2. The molecule has 1 fully saturated rings. The van der Waals surface area contributed by atoms with Gasteiger partial charge >= 0.3 is 5.97 Å². The van der Waals surface area contributed by atoms with E-state index in [4.69, 9.17) is 21.1 Å². The smallest absolute Gasteiger partial charge is 0.338 e. The quantitative estimate of drug-likeness (QED) is 0.510. The van der Waals surface area contributed by atoms with Gasteiger partial charge in [-0.2, -0.15) is 4.31 Å². The molecule has 2 aromatic rings. The number of halogens is 1. The zero-order valence-electron chi connectivity index (χ0n) is 15.7. The molecule has 154 valence electrons. The first-order valence-electron chi connectivity index (χ1n) is 8.98. The number of rotatable bonds is 6. The zero-order valence-corrected chi connectivity index (χ0v) is 17.3. The highest BCUT2D eigenvalue weighted by atomic mass is 35.5. The van der Waals surface area contributed by atoms with Gasteiger partial charge in [0.1, 0.15) is 4.90 Å². The van der Waals surface area contributed by atoms with Crippen molar-refractivity contribution in [3.05, 3.63) is 64.7 Å². The van der Waals surface area contributed by atoms with E-state index in [1.807, 2.05) is 0 Å². The largest absolute Gasteiger partial charge is 0.451 e. The SMILES string of the molecule is CC(OC(=O)c1ccc(Cl)c(S(=O)(=O)N2CCOCC2)c1)C(=O)c1ccccc1. The van der Waals surface area contributed by atoms with Gasteiger partial charge in [0, 0.05) is 18.7 Å². The lowest BCUT2D eigenvalue weighted by Crippen LogP contribution is -2.40. The van der Waals surface area contributed by atoms with Gasteiger partial charge in [0.05, 0.1) is 23.8 Å². The summed E-state index contributed by atoms with van der Waals surface area (Å²) in [6.07, 6.45) is -1.03. The Labute approximate surface area is 174 Å². The van der Waals surface area contributed by atoms with E-state index < -0.39 is 22.1 Å². The van der Waals surface area contributed by atoms with Gasteiger partial charge in [-0.15, -0.1) is 0 Å². The molecule has 0 spiro atoms. The summed E-state index contributed by atoms with van der Waals surface area (Å²) in [6, 6.07) is 12.3. The van der Waals surface area contributed by atoms with Crippen LogP contribution in [0.2, 0.25) is 5.02 Å². The number of hydrogen-bond acceptors (Lipinski definition) is 6. The molecule has 2 aromatic carbocycles. The van der Waals surface area contributed by atoms with E-state index >= 15 is 0 Å². The second-order valence-electron chi connectivity index (χ2n) is 6.44.